The van der Waals surface area contributed by atoms with Crippen LogP contribution in [0.4, 0.5) is 5.69 Å². The Bertz CT molecular complexity index is 1200. The normalized spacial score (nSPS) is 15.3. The number of anilines is 1. The van der Waals surface area contributed by atoms with E-state index in [1.165, 1.54) is 0 Å². The zero-order chi connectivity index (χ0) is 26.2. The molecule has 0 saturated heterocycles. The summed E-state index contributed by atoms with van der Waals surface area (Å²) >= 11 is 0. The van der Waals surface area contributed by atoms with E-state index in [1.54, 1.807) is 18.0 Å². The number of aromatic nitrogens is 3. The SMILES string of the molecule is COCC(=O)N1CCCCCCCCN(C(=O)c2ccc(-n3nc(C)cc3C)nc2)Cc2ccccc21. The van der Waals surface area contributed by atoms with Crippen molar-refractivity contribution in [3.8, 4) is 5.82 Å². The van der Waals surface area contributed by atoms with Gasteiger partial charge in [-0.3, -0.25) is 9.59 Å². The molecule has 0 bridgehead atoms. The Morgan fingerprint density at radius 3 is 2.35 bits per heavy atom. The van der Waals surface area contributed by atoms with Gasteiger partial charge in [-0.2, -0.15) is 5.10 Å². The molecule has 196 valence electrons. The van der Waals surface area contributed by atoms with Gasteiger partial charge >= 0.3 is 0 Å². The van der Waals surface area contributed by atoms with Gasteiger partial charge in [-0.25, -0.2) is 9.67 Å². The average molecular weight is 504 g/mol. The molecule has 4 rings (SSSR count). The molecule has 0 spiro atoms. The highest BCUT2D eigenvalue weighted by Crippen LogP contribution is 2.25. The van der Waals surface area contributed by atoms with E-state index in [1.807, 2.05) is 66.1 Å². The second-order valence-electron chi connectivity index (χ2n) is 9.70. The van der Waals surface area contributed by atoms with Crippen LogP contribution >= 0.6 is 0 Å². The number of carbonyl (C=O) groups is 2. The van der Waals surface area contributed by atoms with Gasteiger partial charge in [0.2, 0.25) is 0 Å². The number of rotatable bonds is 4. The van der Waals surface area contributed by atoms with Crippen molar-refractivity contribution in [2.24, 2.45) is 0 Å². The van der Waals surface area contributed by atoms with Crippen molar-refractivity contribution in [2.75, 3.05) is 31.7 Å². The van der Waals surface area contributed by atoms with E-state index in [4.69, 9.17) is 4.74 Å². The van der Waals surface area contributed by atoms with E-state index in [0.717, 1.165) is 61.2 Å². The van der Waals surface area contributed by atoms with Crippen LogP contribution < -0.4 is 4.90 Å². The van der Waals surface area contributed by atoms with Gasteiger partial charge in [0.15, 0.2) is 5.82 Å². The Morgan fingerprint density at radius 1 is 0.946 bits per heavy atom. The summed E-state index contributed by atoms with van der Waals surface area (Å²) in [6.45, 7) is 5.68. The summed E-state index contributed by atoms with van der Waals surface area (Å²) in [5.41, 5.74) is 4.25. The molecule has 1 aliphatic heterocycles. The molecule has 0 radical (unpaired) electrons. The molecular weight excluding hydrogens is 466 g/mol. The van der Waals surface area contributed by atoms with Gasteiger partial charge in [0.25, 0.3) is 11.8 Å². The predicted molar refractivity (Wildman–Crippen MR) is 144 cm³/mol. The van der Waals surface area contributed by atoms with Crippen LogP contribution in [0, 0.1) is 13.8 Å². The molecule has 1 aliphatic rings. The minimum atomic E-state index is -0.0633. The van der Waals surface area contributed by atoms with Gasteiger partial charge in [0, 0.05) is 44.3 Å². The summed E-state index contributed by atoms with van der Waals surface area (Å²) in [6, 6.07) is 13.5. The van der Waals surface area contributed by atoms with E-state index in [9.17, 15) is 9.59 Å². The number of pyridine rings is 1. The molecule has 8 nitrogen and oxygen atoms in total. The van der Waals surface area contributed by atoms with Crippen molar-refractivity contribution >= 4 is 17.5 Å². The van der Waals surface area contributed by atoms with Crippen LogP contribution in [0.5, 0.6) is 0 Å². The second-order valence-corrected chi connectivity index (χ2v) is 9.70. The lowest BCUT2D eigenvalue weighted by Crippen LogP contribution is -2.37. The topological polar surface area (TPSA) is 80.6 Å². The van der Waals surface area contributed by atoms with Crippen LogP contribution in [0.15, 0.2) is 48.7 Å². The first-order valence-electron chi connectivity index (χ1n) is 13.1. The van der Waals surface area contributed by atoms with Crippen molar-refractivity contribution in [3.05, 3.63) is 71.2 Å². The Kier molecular flexibility index (Phi) is 9.06. The van der Waals surface area contributed by atoms with E-state index < -0.39 is 0 Å². The molecule has 0 saturated carbocycles. The van der Waals surface area contributed by atoms with Gasteiger partial charge in [0.1, 0.15) is 6.61 Å². The fraction of sp³-hybridized carbons (Fsp3) is 0.448. The Morgan fingerprint density at radius 2 is 1.68 bits per heavy atom. The number of carbonyl (C=O) groups excluding carboxylic acids is 2. The Hall–Kier alpha value is -3.52. The van der Waals surface area contributed by atoms with Crippen molar-refractivity contribution in [2.45, 2.75) is 58.9 Å². The standard InChI is InChI=1S/C29H37N5O3/c1-22-18-23(2)34(31-22)27-15-14-24(19-30-27)29(36)32-16-10-6-4-5-7-11-17-33(28(35)21-37-3)26-13-9-8-12-25(26)20-32/h8-9,12-15,18-19H,4-7,10-11,16-17,20-21H2,1-3H3. The summed E-state index contributed by atoms with van der Waals surface area (Å²) in [5, 5.41) is 4.49. The lowest BCUT2D eigenvalue weighted by molar-refractivity contribution is -0.122. The number of nitrogens with zero attached hydrogens (tertiary/aromatic N) is 5. The zero-order valence-corrected chi connectivity index (χ0v) is 22.2. The Balaban J connectivity index is 1.62. The monoisotopic (exact) mass is 503 g/mol. The van der Waals surface area contributed by atoms with Gasteiger partial charge in [-0.15, -0.1) is 0 Å². The van der Waals surface area contributed by atoms with Crippen LogP contribution in [-0.4, -0.2) is 58.3 Å². The number of hydrogen-bond acceptors (Lipinski definition) is 5. The number of methoxy groups -OCH3 is 1. The van der Waals surface area contributed by atoms with Crippen molar-refractivity contribution in [3.63, 3.8) is 0 Å². The number of aryl methyl sites for hydroxylation is 2. The number of benzene rings is 1. The highest BCUT2D eigenvalue weighted by molar-refractivity contribution is 5.96. The summed E-state index contributed by atoms with van der Waals surface area (Å²) in [4.78, 5) is 34.9. The largest absolute Gasteiger partial charge is 0.375 e. The molecule has 3 heterocycles. The molecule has 37 heavy (non-hydrogen) atoms. The highest BCUT2D eigenvalue weighted by atomic mass is 16.5. The van der Waals surface area contributed by atoms with Crippen LogP contribution in [0.2, 0.25) is 0 Å². The number of para-hydroxylation sites is 1. The molecule has 2 aromatic heterocycles. The quantitative estimate of drug-likeness (QED) is 0.508. The van der Waals surface area contributed by atoms with Crippen LogP contribution in [0.3, 0.4) is 0 Å². The fourth-order valence-electron chi connectivity index (χ4n) is 4.91. The first-order valence-corrected chi connectivity index (χ1v) is 13.1. The second kappa shape index (κ2) is 12.6. The van der Waals surface area contributed by atoms with E-state index in [-0.39, 0.29) is 18.4 Å². The summed E-state index contributed by atoms with van der Waals surface area (Å²) in [6.07, 6.45) is 7.92. The van der Waals surface area contributed by atoms with Crippen molar-refractivity contribution in [1.82, 2.24) is 19.7 Å². The molecule has 0 unspecified atom stereocenters. The number of ether oxygens (including phenoxy) is 1. The van der Waals surface area contributed by atoms with E-state index in [0.29, 0.717) is 31.0 Å². The number of amides is 2. The molecule has 8 heteroatoms. The maximum atomic E-state index is 13.7. The maximum absolute atomic E-state index is 13.7. The molecule has 2 amide bonds. The Labute approximate surface area is 219 Å². The third-order valence-corrected chi connectivity index (χ3v) is 6.78. The van der Waals surface area contributed by atoms with Crippen LogP contribution in [-0.2, 0) is 16.1 Å². The average Bonchev–Trinajstić information content (AvgIpc) is 3.25. The number of fused-ring (bicyclic) bond motifs is 1. The fourth-order valence-corrected chi connectivity index (χ4v) is 4.91. The predicted octanol–water partition coefficient (Wildman–Crippen LogP) is 4.86. The third kappa shape index (κ3) is 6.63. The number of hydrogen-bond donors (Lipinski definition) is 0. The van der Waals surface area contributed by atoms with Crippen LogP contribution in [0.1, 0.15) is 65.8 Å². The summed E-state index contributed by atoms with van der Waals surface area (Å²) in [5.74, 6) is 0.559. The molecule has 3 aromatic rings. The molecular formula is C29H37N5O3. The molecule has 0 aliphatic carbocycles. The van der Waals surface area contributed by atoms with Gasteiger partial charge in [-0.1, -0.05) is 43.9 Å². The van der Waals surface area contributed by atoms with E-state index in [2.05, 4.69) is 10.1 Å². The van der Waals surface area contributed by atoms with Crippen molar-refractivity contribution in [1.29, 1.82) is 0 Å². The lowest BCUT2D eigenvalue weighted by atomic mass is 10.1. The zero-order valence-electron chi connectivity index (χ0n) is 22.2. The molecule has 0 atom stereocenters. The minimum Gasteiger partial charge on any atom is -0.375 e. The van der Waals surface area contributed by atoms with Gasteiger partial charge in [0.05, 0.1) is 11.3 Å². The van der Waals surface area contributed by atoms with E-state index >= 15 is 0 Å². The lowest BCUT2D eigenvalue weighted by Gasteiger charge is -2.28. The highest BCUT2D eigenvalue weighted by Gasteiger charge is 2.23. The summed E-state index contributed by atoms with van der Waals surface area (Å²) < 4.78 is 6.95. The molecule has 0 N–H and O–H groups in total. The first kappa shape index (κ1) is 26.5. The van der Waals surface area contributed by atoms with Gasteiger partial charge in [-0.05, 0) is 56.5 Å². The molecule has 1 aromatic carbocycles. The summed E-state index contributed by atoms with van der Waals surface area (Å²) in [7, 11) is 1.54. The molecule has 0 fully saturated rings. The van der Waals surface area contributed by atoms with Crippen LogP contribution in [0.25, 0.3) is 5.82 Å². The third-order valence-electron chi connectivity index (χ3n) is 6.78. The van der Waals surface area contributed by atoms with Gasteiger partial charge < -0.3 is 14.5 Å². The van der Waals surface area contributed by atoms with Crippen molar-refractivity contribution < 1.29 is 14.3 Å². The first-order chi connectivity index (χ1) is 18.0. The maximum Gasteiger partial charge on any atom is 0.255 e. The minimum absolute atomic E-state index is 0.0320. The smallest absolute Gasteiger partial charge is 0.255 e.